The summed E-state index contributed by atoms with van der Waals surface area (Å²) in [6, 6.07) is 0. The maximum absolute atomic E-state index is 12.5. The van der Waals surface area contributed by atoms with Gasteiger partial charge in [0.1, 0.15) is 11.9 Å². The Labute approximate surface area is 252 Å². The van der Waals surface area contributed by atoms with Gasteiger partial charge in [-0.05, 0) is 39.0 Å². The van der Waals surface area contributed by atoms with Gasteiger partial charge in [0.05, 0.1) is 33.9 Å². The summed E-state index contributed by atoms with van der Waals surface area (Å²) in [4.78, 5) is 12.5. The first-order valence-corrected chi connectivity index (χ1v) is 18.2. The monoisotopic (exact) mass is 607 g/mol. The predicted molar refractivity (Wildman–Crippen MR) is 168 cm³/mol. The number of unbranched alkanes of at least 4 members (excludes halogenated alkanes) is 16. The highest BCUT2D eigenvalue weighted by Crippen LogP contribution is 2.46. The number of rotatable bonds is 30. The average Bonchev–Trinajstić information content (AvgIpc) is 2.93. The van der Waals surface area contributed by atoms with Crippen LogP contribution in [-0.4, -0.2) is 78.4 Å². The third-order valence-electron chi connectivity index (χ3n) is 7.99. The Kier molecular flexibility index (Phi) is 25.9. The topological polar surface area (TPSA) is 119 Å². The molecule has 0 fully saturated rings. The van der Waals surface area contributed by atoms with Crippen molar-refractivity contribution < 1.29 is 38.5 Å². The lowest BCUT2D eigenvalue weighted by Crippen LogP contribution is -2.50. The molecule has 0 saturated heterocycles. The Morgan fingerprint density at radius 1 is 0.756 bits per heavy atom. The molecule has 8 nitrogen and oxygen atoms in total. The Hall–Kier alpha value is -0.310. The SMILES string of the molecule is CCCCCCCCCCC/C=C\CCCCCCCCCOC[C@@H](O)COP(=O)([O-])C(C)[N+](C)(C)CCC(O)O. The lowest BCUT2D eigenvalue weighted by Gasteiger charge is -2.42. The minimum atomic E-state index is -4.26. The van der Waals surface area contributed by atoms with Crippen LogP contribution in [0.15, 0.2) is 12.2 Å². The van der Waals surface area contributed by atoms with Gasteiger partial charge in [-0.25, -0.2) is 0 Å². The zero-order valence-corrected chi connectivity index (χ0v) is 27.9. The number of allylic oxidation sites excluding steroid dienone is 2. The van der Waals surface area contributed by atoms with Crippen LogP contribution in [0.25, 0.3) is 0 Å². The van der Waals surface area contributed by atoms with E-state index in [1.165, 1.54) is 110 Å². The van der Waals surface area contributed by atoms with Crippen molar-refractivity contribution in [1.29, 1.82) is 0 Å². The van der Waals surface area contributed by atoms with E-state index in [0.29, 0.717) is 6.61 Å². The summed E-state index contributed by atoms with van der Waals surface area (Å²) in [5, 5.41) is 28.2. The Morgan fingerprint density at radius 2 is 1.22 bits per heavy atom. The van der Waals surface area contributed by atoms with Crippen molar-refractivity contribution in [1.82, 2.24) is 0 Å². The van der Waals surface area contributed by atoms with Gasteiger partial charge < -0.3 is 38.5 Å². The van der Waals surface area contributed by atoms with Crippen LogP contribution in [-0.2, 0) is 13.8 Å². The molecule has 0 heterocycles. The van der Waals surface area contributed by atoms with Crippen molar-refractivity contribution in [2.24, 2.45) is 0 Å². The van der Waals surface area contributed by atoms with Crippen LogP contribution in [0.1, 0.15) is 136 Å². The molecule has 3 atom stereocenters. The van der Waals surface area contributed by atoms with E-state index >= 15 is 0 Å². The highest BCUT2D eigenvalue weighted by Gasteiger charge is 2.34. The van der Waals surface area contributed by atoms with Crippen LogP contribution in [0.5, 0.6) is 0 Å². The molecule has 9 heteroatoms. The minimum Gasteiger partial charge on any atom is -0.774 e. The lowest BCUT2D eigenvalue weighted by atomic mass is 10.1. The second-order valence-electron chi connectivity index (χ2n) is 12.3. The van der Waals surface area contributed by atoms with E-state index < -0.39 is 25.8 Å². The zero-order chi connectivity index (χ0) is 30.8. The maximum atomic E-state index is 12.5. The molecule has 246 valence electrons. The third kappa shape index (κ3) is 24.8. The van der Waals surface area contributed by atoms with Crippen molar-refractivity contribution in [2.75, 3.05) is 40.5 Å². The molecule has 0 aliphatic carbocycles. The van der Waals surface area contributed by atoms with Gasteiger partial charge in [0.15, 0.2) is 13.9 Å². The lowest BCUT2D eigenvalue weighted by molar-refractivity contribution is -0.902. The predicted octanol–water partition coefficient (Wildman–Crippen LogP) is 6.66. The fourth-order valence-corrected chi connectivity index (χ4v) is 6.22. The highest BCUT2D eigenvalue weighted by molar-refractivity contribution is 7.51. The average molecular weight is 608 g/mol. The molecule has 0 aliphatic rings. The van der Waals surface area contributed by atoms with E-state index in [2.05, 4.69) is 19.1 Å². The van der Waals surface area contributed by atoms with Gasteiger partial charge in [0.2, 0.25) is 0 Å². The maximum Gasteiger partial charge on any atom is 0.192 e. The van der Waals surface area contributed by atoms with E-state index in [0.717, 1.165) is 12.8 Å². The molecule has 0 aliphatic heterocycles. The van der Waals surface area contributed by atoms with E-state index in [1.54, 1.807) is 14.1 Å². The molecule has 0 aromatic carbocycles. The summed E-state index contributed by atoms with van der Waals surface area (Å²) in [5.41, 5.74) is 0. The Bertz CT molecular complexity index is 660. The van der Waals surface area contributed by atoms with Gasteiger partial charge in [0, 0.05) is 13.0 Å². The quantitative estimate of drug-likeness (QED) is 0.0275. The summed E-state index contributed by atoms with van der Waals surface area (Å²) < 4.78 is 23.1. The molecule has 0 amide bonds. The van der Waals surface area contributed by atoms with E-state index in [-0.39, 0.29) is 30.7 Å². The van der Waals surface area contributed by atoms with E-state index in [4.69, 9.17) is 19.5 Å². The van der Waals surface area contributed by atoms with Crippen molar-refractivity contribution in [2.45, 2.75) is 154 Å². The minimum absolute atomic E-state index is 0.0292. The molecule has 0 rings (SSSR count). The first-order valence-electron chi connectivity index (χ1n) is 16.6. The molecular formula is C32H66NO7P. The number of hydrogen-bond donors (Lipinski definition) is 3. The van der Waals surface area contributed by atoms with Crippen molar-refractivity contribution in [3.05, 3.63) is 12.2 Å². The van der Waals surface area contributed by atoms with E-state index in [1.807, 2.05) is 0 Å². The zero-order valence-electron chi connectivity index (χ0n) is 27.0. The Balaban J connectivity index is 3.59. The fourth-order valence-electron chi connectivity index (χ4n) is 4.74. The standard InChI is InChI=1S/C32H66NO7P/c1-5-6-7-8-9-10-11-12-13-14-15-16-17-18-19-20-21-22-23-24-27-39-28-31(34)29-40-41(37,38)30(2)33(3,4)26-25-32(35)36/h15-16,30-32,34-36H,5-14,17-29H2,1-4H3/b16-15-/t30?,31-/m1/s1. The number of ether oxygens (including phenoxy) is 1. The largest absolute Gasteiger partial charge is 0.774 e. The van der Waals surface area contributed by atoms with Crippen LogP contribution in [0.3, 0.4) is 0 Å². The normalized spacial score (nSPS) is 15.5. The van der Waals surface area contributed by atoms with Crippen LogP contribution in [0, 0.1) is 0 Å². The summed E-state index contributed by atoms with van der Waals surface area (Å²) in [6.07, 6.45) is 25.5. The first-order chi connectivity index (χ1) is 19.5. The van der Waals surface area contributed by atoms with Gasteiger partial charge in [-0.2, -0.15) is 0 Å². The molecule has 0 bridgehead atoms. The molecule has 41 heavy (non-hydrogen) atoms. The summed E-state index contributed by atoms with van der Waals surface area (Å²) in [6.45, 7) is 4.29. The summed E-state index contributed by atoms with van der Waals surface area (Å²) >= 11 is 0. The third-order valence-corrected chi connectivity index (χ3v) is 10.0. The molecular weight excluding hydrogens is 541 g/mol. The Morgan fingerprint density at radius 3 is 1.71 bits per heavy atom. The second-order valence-corrected chi connectivity index (χ2v) is 14.4. The van der Waals surface area contributed by atoms with Gasteiger partial charge in [-0.3, -0.25) is 0 Å². The van der Waals surface area contributed by atoms with E-state index in [9.17, 15) is 14.6 Å². The summed E-state index contributed by atoms with van der Waals surface area (Å²) in [7, 11) is -0.876. The molecule has 0 saturated carbocycles. The number of hydrogen-bond acceptors (Lipinski definition) is 7. The molecule has 2 unspecified atom stereocenters. The van der Waals surface area contributed by atoms with Gasteiger partial charge in [-0.15, -0.1) is 0 Å². The molecule has 3 N–H and O–H groups in total. The second kappa shape index (κ2) is 26.1. The highest BCUT2D eigenvalue weighted by atomic mass is 31.2. The number of quaternary nitrogens is 1. The summed E-state index contributed by atoms with van der Waals surface area (Å²) in [5.74, 6) is -0.889. The molecule has 0 aromatic heterocycles. The molecule has 0 radical (unpaired) electrons. The van der Waals surface area contributed by atoms with Crippen LogP contribution in [0.4, 0.5) is 0 Å². The van der Waals surface area contributed by atoms with Crippen LogP contribution >= 0.6 is 7.60 Å². The van der Waals surface area contributed by atoms with Crippen LogP contribution < -0.4 is 4.89 Å². The number of aliphatic hydroxyl groups excluding tert-OH is 2. The molecule has 0 aromatic rings. The first kappa shape index (κ1) is 40.7. The van der Waals surface area contributed by atoms with Gasteiger partial charge >= 0.3 is 0 Å². The van der Waals surface area contributed by atoms with Crippen molar-refractivity contribution in [3.8, 4) is 0 Å². The molecule has 0 spiro atoms. The number of aliphatic hydroxyl groups is 3. The fraction of sp³-hybridized carbons (Fsp3) is 0.938. The number of nitrogens with zero attached hydrogens (tertiary/aromatic N) is 1. The van der Waals surface area contributed by atoms with Crippen molar-refractivity contribution >= 4 is 7.60 Å². The van der Waals surface area contributed by atoms with Gasteiger partial charge in [0.25, 0.3) is 0 Å². The van der Waals surface area contributed by atoms with Gasteiger partial charge in [-0.1, -0.05) is 103 Å². The smallest absolute Gasteiger partial charge is 0.192 e. The van der Waals surface area contributed by atoms with Crippen molar-refractivity contribution in [3.63, 3.8) is 0 Å². The van der Waals surface area contributed by atoms with Crippen LogP contribution in [0.2, 0.25) is 0 Å².